The number of amides is 2. The van der Waals surface area contributed by atoms with Crippen LogP contribution in [-0.2, 0) is 19.4 Å². The number of benzene rings is 1. The van der Waals surface area contributed by atoms with E-state index in [2.05, 4.69) is 34.6 Å². The maximum atomic E-state index is 12.2. The second-order valence-corrected chi connectivity index (χ2v) is 6.99. The molecule has 1 aromatic heterocycles. The molecule has 0 saturated carbocycles. The van der Waals surface area contributed by atoms with Crippen LogP contribution in [0.2, 0.25) is 0 Å². The van der Waals surface area contributed by atoms with Gasteiger partial charge in [-0.25, -0.2) is 9.78 Å². The molecule has 2 amide bonds. The van der Waals surface area contributed by atoms with Crippen LogP contribution in [0.1, 0.15) is 29.1 Å². The van der Waals surface area contributed by atoms with Crippen molar-refractivity contribution in [3.63, 3.8) is 0 Å². The fourth-order valence-electron chi connectivity index (χ4n) is 3.00. The number of hydrogen-bond donors (Lipinski definition) is 2. The van der Waals surface area contributed by atoms with Gasteiger partial charge in [-0.15, -0.1) is 11.3 Å². The Labute approximate surface area is 146 Å². The van der Waals surface area contributed by atoms with E-state index in [0.29, 0.717) is 6.54 Å². The predicted octanol–water partition coefficient (Wildman–Crippen LogP) is 2.59. The zero-order valence-electron chi connectivity index (χ0n) is 13.6. The predicted molar refractivity (Wildman–Crippen MR) is 95.0 cm³/mol. The van der Waals surface area contributed by atoms with Crippen LogP contribution in [0.4, 0.5) is 4.79 Å². The molecular weight excluding hydrogens is 322 g/mol. The molecule has 1 saturated heterocycles. The Morgan fingerprint density at radius 3 is 2.96 bits per heavy atom. The molecule has 2 aromatic rings. The van der Waals surface area contributed by atoms with Crippen molar-refractivity contribution in [2.24, 2.45) is 0 Å². The average Bonchev–Trinajstić information content (AvgIpc) is 3.28. The lowest BCUT2D eigenvalue weighted by molar-refractivity contribution is 0.157. The van der Waals surface area contributed by atoms with Gasteiger partial charge in [-0.05, 0) is 24.8 Å². The van der Waals surface area contributed by atoms with Gasteiger partial charge in [-0.3, -0.25) is 0 Å². The zero-order valence-corrected chi connectivity index (χ0v) is 14.5. The van der Waals surface area contributed by atoms with Crippen LogP contribution in [0.5, 0.6) is 0 Å². The average molecular weight is 345 g/mol. The summed E-state index contributed by atoms with van der Waals surface area (Å²) in [4.78, 5) is 18.5. The highest BCUT2D eigenvalue weighted by atomic mass is 32.1. The fraction of sp³-hybridized carbons (Fsp3) is 0.444. The Balaban J connectivity index is 1.46. The van der Waals surface area contributed by atoms with Crippen LogP contribution < -0.4 is 5.32 Å². The first-order chi connectivity index (χ1) is 11.8. The van der Waals surface area contributed by atoms with Gasteiger partial charge in [0.25, 0.3) is 0 Å². The molecule has 1 aliphatic heterocycles. The maximum absolute atomic E-state index is 12.2. The van der Waals surface area contributed by atoms with Crippen LogP contribution in [0.25, 0.3) is 0 Å². The van der Waals surface area contributed by atoms with E-state index in [1.807, 2.05) is 11.4 Å². The zero-order chi connectivity index (χ0) is 16.8. The minimum absolute atomic E-state index is 0.0355. The molecule has 2 N–H and O–H groups in total. The summed E-state index contributed by atoms with van der Waals surface area (Å²) < 4.78 is 0. The fourth-order valence-corrected chi connectivity index (χ4v) is 3.80. The molecule has 1 fully saturated rings. The van der Waals surface area contributed by atoms with Gasteiger partial charge in [-0.1, -0.05) is 30.3 Å². The van der Waals surface area contributed by atoms with Gasteiger partial charge in [0, 0.05) is 18.3 Å². The molecule has 0 aliphatic carbocycles. The van der Waals surface area contributed by atoms with Gasteiger partial charge in [0.05, 0.1) is 29.9 Å². The largest absolute Gasteiger partial charge is 0.394 e. The van der Waals surface area contributed by atoms with Crippen LogP contribution in [-0.4, -0.2) is 40.2 Å². The number of nitrogens with zero attached hydrogens (tertiary/aromatic N) is 2. The normalized spacial score (nSPS) is 17.2. The molecule has 2 heterocycles. The third-order valence-electron chi connectivity index (χ3n) is 4.34. The number of urea groups is 1. The molecule has 0 spiro atoms. The van der Waals surface area contributed by atoms with E-state index < -0.39 is 0 Å². The van der Waals surface area contributed by atoms with E-state index in [1.165, 1.54) is 5.56 Å². The summed E-state index contributed by atoms with van der Waals surface area (Å²) in [5.41, 5.74) is 2.21. The number of aryl methyl sites for hydroxylation is 2. The topological polar surface area (TPSA) is 65.5 Å². The van der Waals surface area contributed by atoms with Crippen molar-refractivity contribution in [3.05, 3.63) is 52.0 Å². The molecule has 128 valence electrons. The van der Waals surface area contributed by atoms with Crippen molar-refractivity contribution in [1.82, 2.24) is 15.2 Å². The van der Waals surface area contributed by atoms with Crippen LogP contribution in [0, 0.1) is 0 Å². The lowest BCUT2D eigenvalue weighted by Crippen LogP contribution is -2.43. The minimum Gasteiger partial charge on any atom is -0.394 e. The van der Waals surface area contributed by atoms with E-state index >= 15 is 0 Å². The molecule has 5 nitrogen and oxygen atoms in total. The second-order valence-electron chi connectivity index (χ2n) is 6.05. The highest BCUT2D eigenvalue weighted by Crippen LogP contribution is 2.17. The van der Waals surface area contributed by atoms with Gasteiger partial charge in [0.1, 0.15) is 0 Å². The van der Waals surface area contributed by atoms with Crippen LogP contribution >= 0.6 is 11.3 Å². The van der Waals surface area contributed by atoms with Crippen molar-refractivity contribution in [3.8, 4) is 0 Å². The van der Waals surface area contributed by atoms with E-state index in [1.54, 1.807) is 16.2 Å². The molecule has 24 heavy (non-hydrogen) atoms. The molecule has 0 radical (unpaired) electrons. The van der Waals surface area contributed by atoms with Crippen molar-refractivity contribution in [2.75, 3.05) is 13.2 Å². The molecule has 1 atom stereocenters. The maximum Gasteiger partial charge on any atom is 0.318 e. The standard InChI is InChI=1S/C18H23N3O2S/c22-12-16-7-4-10-21(16)18(23)19-11-15-13-24-17(20-15)9-8-14-5-2-1-3-6-14/h1-3,5-6,13,16,22H,4,7-12H2,(H,19,23)/t16-/m1/s1. The van der Waals surface area contributed by atoms with Gasteiger partial charge in [0.2, 0.25) is 0 Å². The summed E-state index contributed by atoms with van der Waals surface area (Å²) in [5.74, 6) is 0. The van der Waals surface area contributed by atoms with Crippen molar-refractivity contribution in [2.45, 2.75) is 38.3 Å². The van der Waals surface area contributed by atoms with E-state index in [-0.39, 0.29) is 18.7 Å². The number of aliphatic hydroxyl groups excluding tert-OH is 1. The van der Waals surface area contributed by atoms with E-state index in [9.17, 15) is 9.90 Å². The van der Waals surface area contributed by atoms with Crippen molar-refractivity contribution in [1.29, 1.82) is 0 Å². The number of aromatic nitrogens is 1. The smallest absolute Gasteiger partial charge is 0.318 e. The van der Waals surface area contributed by atoms with Gasteiger partial charge < -0.3 is 15.3 Å². The number of thiazole rings is 1. The molecule has 1 aliphatic rings. The van der Waals surface area contributed by atoms with E-state index in [0.717, 1.165) is 42.9 Å². The first kappa shape index (κ1) is 16.9. The Bertz CT molecular complexity index is 659. The van der Waals surface area contributed by atoms with E-state index in [4.69, 9.17) is 0 Å². The Morgan fingerprint density at radius 2 is 2.17 bits per heavy atom. The number of aliphatic hydroxyl groups is 1. The minimum atomic E-state index is -0.106. The molecule has 6 heteroatoms. The first-order valence-corrected chi connectivity index (χ1v) is 9.27. The van der Waals surface area contributed by atoms with Gasteiger partial charge in [0.15, 0.2) is 0 Å². The lowest BCUT2D eigenvalue weighted by atomic mass is 10.1. The highest BCUT2D eigenvalue weighted by molar-refractivity contribution is 7.09. The second kappa shape index (κ2) is 8.26. The summed E-state index contributed by atoms with van der Waals surface area (Å²) in [6.07, 6.45) is 3.73. The Morgan fingerprint density at radius 1 is 1.33 bits per heavy atom. The molecule has 0 bridgehead atoms. The molecule has 0 unspecified atom stereocenters. The number of hydrogen-bond acceptors (Lipinski definition) is 4. The van der Waals surface area contributed by atoms with Crippen molar-refractivity contribution < 1.29 is 9.90 Å². The summed E-state index contributed by atoms with van der Waals surface area (Å²) >= 11 is 1.64. The van der Waals surface area contributed by atoms with Gasteiger partial charge in [-0.2, -0.15) is 0 Å². The highest BCUT2D eigenvalue weighted by Gasteiger charge is 2.27. The quantitative estimate of drug-likeness (QED) is 0.846. The third-order valence-corrected chi connectivity index (χ3v) is 5.30. The Hall–Kier alpha value is -1.92. The number of carbonyl (C=O) groups is 1. The number of likely N-dealkylation sites (tertiary alicyclic amines) is 1. The number of rotatable bonds is 6. The summed E-state index contributed by atoms with van der Waals surface area (Å²) in [5, 5.41) is 15.3. The molecule has 3 rings (SSSR count). The summed E-state index contributed by atoms with van der Waals surface area (Å²) in [6, 6.07) is 10.2. The summed E-state index contributed by atoms with van der Waals surface area (Å²) in [7, 11) is 0. The summed E-state index contributed by atoms with van der Waals surface area (Å²) in [6.45, 7) is 1.19. The molecular formula is C18H23N3O2S. The monoisotopic (exact) mass is 345 g/mol. The first-order valence-electron chi connectivity index (χ1n) is 8.39. The van der Waals surface area contributed by atoms with Crippen LogP contribution in [0.3, 0.4) is 0 Å². The van der Waals surface area contributed by atoms with Crippen molar-refractivity contribution >= 4 is 17.4 Å². The molecule has 1 aromatic carbocycles. The lowest BCUT2D eigenvalue weighted by Gasteiger charge is -2.23. The SMILES string of the molecule is O=C(NCc1csc(CCc2ccccc2)n1)N1CCC[C@@H]1CO. The van der Waals surface area contributed by atoms with Gasteiger partial charge >= 0.3 is 6.03 Å². The third kappa shape index (κ3) is 4.33. The Kier molecular flexibility index (Phi) is 5.82. The number of carbonyl (C=O) groups excluding carboxylic acids is 1. The van der Waals surface area contributed by atoms with Crippen LogP contribution in [0.15, 0.2) is 35.7 Å². The number of nitrogens with one attached hydrogen (secondary N) is 1.